The van der Waals surface area contributed by atoms with E-state index in [9.17, 15) is 34.5 Å². The highest BCUT2D eigenvalue weighted by Crippen LogP contribution is 2.64. The normalized spacial score (nSPS) is 32.7. The fraction of sp³-hybridized carbons (Fsp3) is 0.587. The number of esters is 3. The summed E-state index contributed by atoms with van der Waals surface area (Å²) in [6.07, 6.45) is -11.2. The number of carbonyl (C=O) groups is 5. The van der Waals surface area contributed by atoms with E-state index in [0.29, 0.717) is 5.56 Å². The molecule has 11 atom stereocenters. The molecule has 0 spiro atoms. The summed E-state index contributed by atoms with van der Waals surface area (Å²) in [7, 11) is 0. The standard InChI is InChI=1S/C46H59NO14/c1-24(2)57-35(33(27-17-13-11-14-18-27)47-41(54)61-42(5,6)7)40(53)58-29-22-46(55)38(59-39(52)28-19-15-12-16-20-28)36-44(10,37(51)34(50)32(25(29)3)43(46,8)9)30(49)21-31-45(36,23-56-31)60-26(4)48/h11-20,24,29-31,33-36,38,49-50,55H,21-23H2,1-10H3,(H,47,54)/t29-,30-,31+,33-,34+,35+,36-,38-,44+,45-,46+/m0/s1. The van der Waals surface area contributed by atoms with Crippen LogP contribution in [0.25, 0.3) is 0 Å². The Labute approximate surface area is 356 Å². The Morgan fingerprint density at radius 3 is 2.08 bits per heavy atom. The van der Waals surface area contributed by atoms with E-state index in [-0.39, 0.29) is 29.7 Å². The highest BCUT2D eigenvalue weighted by atomic mass is 16.6. The Hall–Kier alpha value is -4.67. The minimum Gasteiger partial charge on any atom is -0.456 e. The largest absolute Gasteiger partial charge is 0.456 e. The van der Waals surface area contributed by atoms with Crippen molar-refractivity contribution < 1.29 is 67.7 Å². The molecule has 2 aromatic rings. The van der Waals surface area contributed by atoms with Crippen molar-refractivity contribution in [2.75, 3.05) is 6.61 Å². The monoisotopic (exact) mass is 849 g/mol. The molecule has 0 radical (unpaired) electrons. The predicted molar refractivity (Wildman–Crippen MR) is 218 cm³/mol. The smallest absolute Gasteiger partial charge is 0.408 e. The minimum absolute atomic E-state index is 0.0157. The van der Waals surface area contributed by atoms with E-state index in [0.717, 1.165) is 0 Å². The summed E-state index contributed by atoms with van der Waals surface area (Å²) >= 11 is 0. The third kappa shape index (κ3) is 8.11. The summed E-state index contributed by atoms with van der Waals surface area (Å²) in [5, 5.41) is 40.6. The van der Waals surface area contributed by atoms with E-state index in [1.54, 1.807) is 104 Å². The van der Waals surface area contributed by atoms with Gasteiger partial charge in [0, 0.05) is 25.2 Å². The van der Waals surface area contributed by atoms with E-state index in [1.165, 1.54) is 26.0 Å². The van der Waals surface area contributed by atoms with Crippen LogP contribution in [0.5, 0.6) is 0 Å². The maximum Gasteiger partial charge on any atom is 0.408 e. The summed E-state index contributed by atoms with van der Waals surface area (Å²) in [6.45, 7) is 15.5. The van der Waals surface area contributed by atoms with E-state index < -0.39 is 119 Å². The molecule has 3 aliphatic carbocycles. The predicted octanol–water partition coefficient (Wildman–Crippen LogP) is 4.69. The second-order valence-corrected chi connectivity index (χ2v) is 18.7. The van der Waals surface area contributed by atoms with Gasteiger partial charge in [-0.25, -0.2) is 14.4 Å². The molecule has 4 aliphatic rings. The SMILES string of the molecule is CC(=O)O[C@@]12CO[C@@H]1C[C@H](O)[C@@]1(C)C(=O)[C@H](O)C3=C(C)[C@@H](OC(=O)[C@H](OC(C)C)[C@@H](NC(=O)OC(C)(C)C)c4ccccc4)C[C@@](O)([C@@H](OC(=O)c4ccccc4)[C@H]21)C3(C)C. The number of hydrogen-bond donors (Lipinski definition) is 4. The molecule has 6 rings (SSSR count). The Bertz CT molecular complexity index is 2040. The van der Waals surface area contributed by atoms with Gasteiger partial charge >= 0.3 is 24.0 Å². The summed E-state index contributed by atoms with van der Waals surface area (Å²) in [5.74, 6) is -5.00. The molecule has 2 saturated carbocycles. The summed E-state index contributed by atoms with van der Waals surface area (Å²) < 4.78 is 36.4. The number of rotatable bonds is 10. The number of benzene rings is 2. The summed E-state index contributed by atoms with van der Waals surface area (Å²) in [4.78, 5) is 70.3. The van der Waals surface area contributed by atoms with Crippen LogP contribution >= 0.6 is 0 Å². The van der Waals surface area contributed by atoms with Crippen molar-refractivity contribution in [1.29, 1.82) is 0 Å². The van der Waals surface area contributed by atoms with Gasteiger partial charge in [-0.3, -0.25) is 9.59 Å². The van der Waals surface area contributed by atoms with Crippen molar-refractivity contribution in [1.82, 2.24) is 5.32 Å². The Morgan fingerprint density at radius 2 is 1.54 bits per heavy atom. The van der Waals surface area contributed by atoms with Crippen molar-refractivity contribution in [3.8, 4) is 0 Å². The third-order valence-corrected chi connectivity index (χ3v) is 13.0. The quantitative estimate of drug-likeness (QED) is 0.145. The van der Waals surface area contributed by atoms with Crippen molar-refractivity contribution in [3.05, 3.63) is 82.9 Å². The second kappa shape index (κ2) is 16.6. The van der Waals surface area contributed by atoms with Crippen LogP contribution in [0.1, 0.15) is 104 Å². The molecule has 1 saturated heterocycles. The number of ether oxygens (including phenoxy) is 6. The number of nitrogens with one attached hydrogen (secondary N) is 1. The number of Topliss-reactive ketones (excluding diaryl/α,β-unsaturated/α-hetero) is 1. The molecule has 0 aromatic heterocycles. The highest BCUT2D eigenvalue weighted by Gasteiger charge is 2.78. The first-order valence-electron chi connectivity index (χ1n) is 20.7. The number of alkyl carbamates (subject to hydrolysis) is 1. The fourth-order valence-corrected chi connectivity index (χ4v) is 9.97. The van der Waals surface area contributed by atoms with Crippen LogP contribution in [0.4, 0.5) is 4.79 Å². The number of fused-ring (bicyclic) bond motifs is 5. The third-order valence-electron chi connectivity index (χ3n) is 13.0. The molecular formula is C46H59NO14. The lowest BCUT2D eigenvalue weighted by Gasteiger charge is -2.67. The molecule has 1 aliphatic heterocycles. The van der Waals surface area contributed by atoms with Gasteiger partial charge in [0.25, 0.3) is 0 Å². The van der Waals surface area contributed by atoms with Gasteiger partial charge in [0.15, 0.2) is 17.5 Å². The molecule has 1 heterocycles. The van der Waals surface area contributed by atoms with E-state index in [1.807, 2.05) is 0 Å². The van der Waals surface area contributed by atoms with Crippen molar-refractivity contribution in [2.45, 2.75) is 148 Å². The van der Waals surface area contributed by atoms with Crippen molar-refractivity contribution in [3.63, 3.8) is 0 Å². The molecule has 0 unspecified atom stereocenters. The summed E-state index contributed by atoms with van der Waals surface area (Å²) in [5.41, 5.74) is -7.74. The second-order valence-electron chi connectivity index (χ2n) is 18.7. The molecule has 15 heteroatoms. The summed E-state index contributed by atoms with van der Waals surface area (Å²) in [6, 6.07) is 15.4. The molecule has 2 bridgehead atoms. The van der Waals surface area contributed by atoms with Crippen molar-refractivity contribution >= 4 is 29.8 Å². The first-order valence-corrected chi connectivity index (χ1v) is 20.7. The Morgan fingerprint density at radius 1 is 0.934 bits per heavy atom. The Balaban J connectivity index is 1.52. The van der Waals surface area contributed by atoms with Crippen LogP contribution in [-0.2, 0) is 42.8 Å². The zero-order chi connectivity index (χ0) is 45.0. The molecule has 2 aromatic carbocycles. The lowest BCUT2D eigenvalue weighted by Crippen LogP contribution is -2.81. The fourth-order valence-electron chi connectivity index (χ4n) is 9.97. The van der Waals surface area contributed by atoms with Gasteiger partial charge in [0.1, 0.15) is 35.6 Å². The first kappa shape index (κ1) is 45.8. The van der Waals surface area contributed by atoms with Gasteiger partial charge in [-0.05, 0) is 77.3 Å². The minimum atomic E-state index is -2.32. The van der Waals surface area contributed by atoms with E-state index >= 15 is 4.79 Å². The number of aliphatic hydroxyl groups is 3. The molecule has 3 fully saturated rings. The molecule has 332 valence electrons. The van der Waals surface area contributed by atoms with Crippen LogP contribution in [0.3, 0.4) is 0 Å². The van der Waals surface area contributed by atoms with Gasteiger partial charge in [-0.1, -0.05) is 62.4 Å². The zero-order valence-electron chi connectivity index (χ0n) is 36.4. The number of amides is 1. The molecule has 61 heavy (non-hydrogen) atoms. The molecule has 15 nitrogen and oxygen atoms in total. The van der Waals surface area contributed by atoms with Crippen LogP contribution in [0, 0.1) is 16.7 Å². The first-order chi connectivity index (χ1) is 28.4. The van der Waals surface area contributed by atoms with Gasteiger partial charge in [-0.15, -0.1) is 0 Å². The number of aliphatic hydroxyl groups excluding tert-OH is 2. The molecule has 1 amide bonds. The van der Waals surface area contributed by atoms with Crippen LogP contribution in [-0.4, -0.2) is 111 Å². The van der Waals surface area contributed by atoms with Gasteiger partial charge < -0.3 is 49.1 Å². The van der Waals surface area contributed by atoms with Gasteiger partial charge in [-0.2, -0.15) is 0 Å². The van der Waals surface area contributed by atoms with E-state index in [4.69, 9.17) is 28.4 Å². The Kier molecular flexibility index (Phi) is 12.4. The molecular weight excluding hydrogens is 790 g/mol. The van der Waals surface area contributed by atoms with E-state index in [2.05, 4.69) is 5.32 Å². The van der Waals surface area contributed by atoms with Crippen molar-refractivity contribution in [2.24, 2.45) is 16.7 Å². The topological polar surface area (TPSA) is 213 Å². The number of hydrogen-bond acceptors (Lipinski definition) is 14. The number of ketones is 1. The lowest BCUT2D eigenvalue weighted by molar-refractivity contribution is -0.346. The maximum atomic E-state index is 15.1. The van der Waals surface area contributed by atoms with Crippen LogP contribution < -0.4 is 5.32 Å². The molecule has 4 N–H and O–H groups in total. The highest BCUT2D eigenvalue weighted by molar-refractivity contribution is 5.94. The van der Waals surface area contributed by atoms with Crippen LogP contribution in [0.2, 0.25) is 0 Å². The average molecular weight is 850 g/mol. The van der Waals surface area contributed by atoms with Crippen LogP contribution in [0.15, 0.2) is 71.8 Å². The lowest BCUT2D eigenvalue weighted by atomic mass is 9.44. The maximum absolute atomic E-state index is 15.1. The zero-order valence-corrected chi connectivity index (χ0v) is 36.4. The van der Waals surface area contributed by atoms with Gasteiger partial charge in [0.05, 0.1) is 41.8 Å². The van der Waals surface area contributed by atoms with Gasteiger partial charge in [0.2, 0.25) is 0 Å². The average Bonchev–Trinajstić information content (AvgIpc) is 3.17. The number of carbonyl (C=O) groups excluding carboxylic acids is 5.